The number of hydrogen-bond acceptors (Lipinski definition) is 2. The van der Waals surface area contributed by atoms with Gasteiger partial charge in [0.15, 0.2) is 0 Å². The highest BCUT2D eigenvalue weighted by molar-refractivity contribution is 5.25. The van der Waals surface area contributed by atoms with Crippen LogP contribution in [0.5, 0.6) is 0 Å². The molecule has 1 unspecified atom stereocenters. The summed E-state index contributed by atoms with van der Waals surface area (Å²) >= 11 is 0. The number of hydrogen-bond donors (Lipinski definition) is 1. The SMILES string of the molecule is CNC1CCCCc2c1cnn2Cc1ccccc1. The van der Waals surface area contributed by atoms with Crippen molar-refractivity contribution in [2.24, 2.45) is 0 Å². The van der Waals surface area contributed by atoms with Crippen LogP contribution in [-0.2, 0) is 13.0 Å². The second-order valence-corrected chi connectivity index (χ2v) is 5.28. The maximum atomic E-state index is 4.61. The highest BCUT2D eigenvalue weighted by Gasteiger charge is 2.21. The van der Waals surface area contributed by atoms with E-state index >= 15 is 0 Å². The average molecular weight is 255 g/mol. The van der Waals surface area contributed by atoms with Gasteiger partial charge in [0.1, 0.15) is 0 Å². The van der Waals surface area contributed by atoms with Gasteiger partial charge in [-0.3, -0.25) is 4.68 Å². The van der Waals surface area contributed by atoms with Crippen molar-refractivity contribution >= 4 is 0 Å². The minimum Gasteiger partial charge on any atom is -0.313 e. The van der Waals surface area contributed by atoms with E-state index < -0.39 is 0 Å². The van der Waals surface area contributed by atoms with Gasteiger partial charge in [-0.2, -0.15) is 5.10 Å². The van der Waals surface area contributed by atoms with Crippen LogP contribution in [0.25, 0.3) is 0 Å². The molecule has 1 aromatic heterocycles. The molecule has 19 heavy (non-hydrogen) atoms. The van der Waals surface area contributed by atoms with Gasteiger partial charge in [0.05, 0.1) is 12.7 Å². The summed E-state index contributed by atoms with van der Waals surface area (Å²) in [7, 11) is 2.05. The highest BCUT2D eigenvalue weighted by atomic mass is 15.3. The lowest BCUT2D eigenvalue weighted by Crippen LogP contribution is -2.16. The average Bonchev–Trinajstić information content (AvgIpc) is 2.72. The zero-order valence-corrected chi connectivity index (χ0v) is 11.5. The Morgan fingerprint density at radius 1 is 1.26 bits per heavy atom. The van der Waals surface area contributed by atoms with E-state index in [9.17, 15) is 0 Å². The molecular weight excluding hydrogens is 234 g/mol. The number of nitrogens with zero attached hydrogens (tertiary/aromatic N) is 2. The first kappa shape index (κ1) is 12.4. The zero-order chi connectivity index (χ0) is 13.1. The third-order valence-corrected chi connectivity index (χ3v) is 4.04. The third kappa shape index (κ3) is 2.56. The lowest BCUT2D eigenvalue weighted by atomic mass is 10.1. The van der Waals surface area contributed by atoms with E-state index in [1.54, 1.807) is 0 Å². The molecule has 1 aromatic carbocycles. The van der Waals surface area contributed by atoms with Crippen LogP contribution in [-0.4, -0.2) is 16.8 Å². The van der Waals surface area contributed by atoms with Crippen molar-refractivity contribution in [3.63, 3.8) is 0 Å². The lowest BCUT2D eigenvalue weighted by molar-refractivity contribution is 0.532. The fourth-order valence-electron chi connectivity index (χ4n) is 2.98. The van der Waals surface area contributed by atoms with Gasteiger partial charge in [-0.25, -0.2) is 0 Å². The summed E-state index contributed by atoms with van der Waals surface area (Å²) in [6.07, 6.45) is 7.00. The largest absolute Gasteiger partial charge is 0.313 e. The molecule has 0 aliphatic heterocycles. The first-order valence-corrected chi connectivity index (χ1v) is 7.14. The fourth-order valence-corrected chi connectivity index (χ4v) is 2.98. The van der Waals surface area contributed by atoms with E-state index in [0.717, 1.165) is 13.0 Å². The van der Waals surface area contributed by atoms with Crippen molar-refractivity contribution in [2.75, 3.05) is 7.05 Å². The van der Waals surface area contributed by atoms with Gasteiger partial charge in [0, 0.05) is 17.3 Å². The molecular formula is C16H21N3. The number of fused-ring (bicyclic) bond motifs is 1. The molecule has 0 bridgehead atoms. The van der Waals surface area contributed by atoms with Gasteiger partial charge in [-0.15, -0.1) is 0 Å². The van der Waals surface area contributed by atoms with Crippen LogP contribution in [0.1, 0.15) is 42.1 Å². The van der Waals surface area contributed by atoms with Gasteiger partial charge < -0.3 is 5.32 Å². The summed E-state index contributed by atoms with van der Waals surface area (Å²) in [5.41, 5.74) is 4.13. The summed E-state index contributed by atoms with van der Waals surface area (Å²) in [4.78, 5) is 0. The summed E-state index contributed by atoms with van der Waals surface area (Å²) in [6, 6.07) is 11.1. The van der Waals surface area contributed by atoms with Gasteiger partial charge in [-0.05, 0) is 31.9 Å². The van der Waals surface area contributed by atoms with E-state index in [1.165, 1.54) is 36.1 Å². The van der Waals surface area contributed by atoms with Gasteiger partial charge in [0.25, 0.3) is 0 Å². The van der Waals surface area contributed by atoms with E-state index in [1.807, 2.05) is 7.05 Å². The Morgan fingerprint density at radius 2 is 2.11 bits per heavy atom. The van der Waals surface area contributed by atoms with Crippen LogP contribution in [0.4, 0.5) is 0 Å². The molecule has 0 amide bonds. The predicted molar refractivity (Wildman–Crippen MR) is 77.1 cm³/mol. The normalized spacial score (nSPS) is 18.9. The van der Waals surface area contributed by atoms with Gasteiger partial charge >= 0.3 is 0 Å². The lowest BCUT2D eigenvalue weighted by Gasteiger charge is -2.13. The molecule has 100 valence electrons. The number of aromatic nitrogens is 2. The van der Waals surface area contributed by atoms with Crippen molar-refractivity contribution in [3.05, 3.63) is 53.3 Å². The Morgan fingerprint density at radius 3 is 2.89 bits per heavy atom. The quantitative estimate of drug-likeness (QED) is 0.855. The highest BCUT2D eigenvalue weighted by Crippen LogP contribution is 2.28. The number of nitrogens with one attached hydrogen (secondary N) is 1. The molecule has 0 saturated heterocycles. The molecule has 1 heterocycles. The van der Waals surface area contributed by atoms with Crippen LogP contribution in [0, 0.1) is 0 Å². The van der Waals surface area contributed by atoms with Crippen LogP contribution >= 0.6 is 0 Å². The molecule has 0 saturated carbocycles. The molecule has 3 nitrogen and oxygen atoms in total. The van der Waals surface area contributed by atoms with E-state index in [0.29, 0.717) is 6.04 Å². The van der Waals surface area contributed by atoms with E-state index in [-0.39, 0.29) is 0 Å². The van der Waals surface area contributed by atoms with Crippen molar-refractivity contribution in [2.45, 2.75) is 38.3 Å². The monoisotopic (exact) mass is 255 g/mol. The molecule has 1 N–H and O–H groups in total. The summed E-state index contributed by atoms with van der Waals surface area (Å²) in [6.45, 7) is 0.882. The smallest absolute Gasteiger partial charge is 0.0662 e. The Bertz CT molecular complexity index is 530. The second-order valence-electron chi connectivity index (χ2n) is 5.28. The minimum atomic E-state index is 0.474. The van der Waals surface area contributed by atoms with Crippen molar-refractivity contribution in [1.29, 1.82) is 0 Å². The van der Waals surface area contributed by atoms with Crippen LogP contribution in [0.15, 0.2) is 36.5 Å². The molecule has 1 aliphatic carbocycles. The fraction of sp³-hybridized carbons (Fsp3) is 0.438. The molecule has 1 aliphatic rings. The zero-order valence-electron chi connectivity index (χ0n) is 11.5. The molecule has 0 spiro atoms. The van der Waals surface area contributed by atoms with Crippen molar-refractivity contribution in [1.82, 2.24) is 15.1 Å². The van der Waals surface area contributed by atoms with E-state index in [4.69, 9.17) is 0 Å². The molecule has 3 heteroatoms. The van der Waals surface area contributed by atoms with Crippen LogP contribution in [0.2, 0.25) is 0 Å². The Labute approximate surface area is 114 Å². The predicted octanol–water partition coefficient (Wildman–Crippen LogP) is 2.92. The first-order valence-electron chi connectivity index (χ1n) is 7.14. The van der Waals surface area contributed by atoms with Gasteiger partial charge in [-0.1, -0.05) is 36.8 Å². The standard InChI is InChI=1S/C16H21N3/c1-17-15-9-5-6-10-16-14(15)11-18-19(16)12-13-7-3-2-4-8-13/h2-4,7-8,11,15,17H,5-6,9-10,12H2,1H3. The van der Waals surface area contributed by atoms with Gasteiger partial charge in [0.2, 0.25) is 0 Å². The second kappa shape index (κ2) is 5.57. The molecule has 2 aromatic rings. The maximum Gasteiger partial charge on any atom is 0.0662 e. The summed E-state index contributed by atoms with van der Waals surface area (Å²) in [5.74, 6) is 0. The molecule has 1 atom stereocenters. The van der Waals surface area contributed by atoms with Crippen molar-refractivity contribution < 1.29 is 0 Å². The topological polar surface area (TPSA) is 29.9 Å². The Kier molecular flexibility index (Phi) is 3.65. The summed E-state index contributed by atoms with van der Waals surface area (Å²) < 4.78 is 2.18. The van der Waals surface area contributed by atoms with Crippen LogP contribution in [0.3, 0.4) is 0 Å². The molecule has 3 rings (SSSR count). The van der Waals surface area contributed by atoms with Crippen LogP contribution < -0.4 is 5.32 Å². The first-order chi connectivity index (χ1) is 9.38. The molecule has 0 radical (unpaired) electrons. The third-order valence-electron chi connectivity index (χ3n) is 4.04. The van der Waals surface area contributed by atoms with E-state index in [2.05, 4.69) is 51.6 Å². The molecule has 0 fully saturated rings. The summed E-state index contributed by atoms with van der Waals surface area (Å²) in [5, 5.41) is 8.03. The number of benzene rings is 1. The maximum absolute atomic E-state index is 4.61. The minimum absolute atomic E-state index is 0.474. The van der Waals surface area contributed by atoms with Crippen molar-refractivity contribution in [3.8, 4) is 0 Å². The Balaban J connectivity index is 1.89. The number of rotatable bonds is 3. The Hall–Kier alpha value is -1.61.